The number of furan rings is 1. The van der Waals surface area contributed by atoms with Crippen LogP contribution in [0.4, 0.5) is 5.69 Å². The molecule has 3 aromatic rings. The molecule has 136 valence electrons. The third kappa shape index (κ3) is 4.38. The van der Waals surface area contributed by atoms with Gasteiger partial charge in [-0.05, 0) is 55.9 Å². The number of rotatable bonds is 5. The van der Waals surface area contributed by atoms with Crippen molar-refractivity contribution in [3.05, 3.63) is 69.4 Å². The molecule has 2 aromatic heterocycles. The first-order chi connectivity index (χ1) is 12.4. The normalized spacial score (nSPS) is 10.8. The molecule has 0 bridgehead atoms. The minimum atomic E-state index is 0.515. The zero-order valence-corrected chi connectivity index (χ0v) is 16.7. The van der Waals surface area contributed by atoms with E-state index in [-0.39, 0.29) is 0 Å². The van der Waals surface area contributed by atoms with Crippen LogP contribution in [0.25, 0.3) is 0 Å². The summed E-state index contributed by atoms with van der Waals surface area (Å²) in [6, 6.07) is 9.31. The van der Waals surface area contributed by atoms with Gasteiger partial charge in [0.15, 0.2) is 5.11 Å². The Morgan fingerprint density at radius 3 is 2.73 bits per heavy atom. The Hall–Kier alpha value is -2.02. The minimum Gasteiger partial charge on any atom is -0.467 e. The second-order valence-corrected chi connectivity index (χ2v) is 7.06. The number of aryl methyl sites for hydroxylation is 1. The fourth-order valence-electron chi connectivity index (χ4n) is 2.58. The van der Waals surface area contributed by atoms with Crippen LogP contribution in [0.3, 0.4) is 0 Å². The van der Waals surface area contributed by atoms with Crippen LogP contribution in [0.2, 0.25) is 10.0 Å². The van der Waals surface area contributed by atoms with E-state index in [9.17, 15) is 0 Å². The Morgan fingerprint density at radius 1 is 1.23 bits per heavy atom. The van der Waals surface area contributed by atoms with Crippen molar-refractivity contribution in [2.75, 3.05) is 5.32 Å². The summed E-state index contributed by atoms with van der Waals surface area (Å²) in [6.07, 6.45) is 1.63. The predicted octanol–water partition coefficient (Wildman–Crippen LogP) is 4.93. The van der Waals surface area contributed by atoms with Crippen LogP contribution in [0.15, 0.2) is 41.0 Å². The van der Waals surface area contributed by atoms with E-state index in [2.05, 4.69) is 15.7 Å². The monoisotopic (exact) mass is 408 g/mol. The number of anilines is 1. The molecule has 8 heteroatoms. The summed E-state index contributed by atoms with van der Waals surface area (Å²) in [5.41, 5.74) is 3.76. The molecule has 5 nitrogen and oxygen atoms in total. The fraction of sp³-hybridized carbons (Fsp3) is 0.222. The summed E-state index contributed by atoms with van der Waals surface area (Å²) in [7, 11) is 0. The van der Waals surface area contributed by atoms with Gasteiger partial charge in [0.1, 0.15) is 5.76 Å². The van der Waals surface area contributed by atoms with E-state index < -0.39 is 0 Å². The number of nitrogens with zero attached hydrogens (tertiary/aromatic N) is 2. The molecule has 2 N–H and O–H groups in total. The van der Waals surface area contributed by atoms with E-state index in [1.807, 2.05) is 42.8 Å². The van der Waals surface area contributed by atoms with Crippen LogP contribution < -0.4 is 10.6 Å². The summed E-state index contributed by atoms with van der Waals surface area (Å²) in [5.74, 6) is 0.818. The number of benzene rings is 1. The first-order valence-electron chi connectivity index (χ1n) is 7.99. The molecule has 0 saturated heterocycles. The summed E-state index contributed by atoms with van der Waals surface area (Å²) in [6.45, 7) is 5.05. The molecule has 0 aliphatic heterocycles. The van der Waals surface area contributed by atoms with Crippen molar-refractivity contribution in [2.24, 2.45) is 0 Å². The highest BCUT2D eigenvalue weighted by atomic mass is 35.5. The number of thiocarbonyl (C=S) groups is 1. The number of halogens is 2. The lowest BCUT2D eigenvalue weighted by Crippen LogP contribution is -2.28. The van der Waals surface area contributed by atoms with Gasteiger partial charge in [0, 0.05) is 0 Å². The molecule has 0 spiro atoms. The van der Waals surface area contributed by atoms with E-state index in [1.165, 1.54) is 0 Å². The Morgan fingerprint density at radius 2 is 2.04 bits per heavy atom. The molecule has 0 amide bonds. The van der Waals surface area contributed by atoms with Crippen molar-refractivity contribution in [3.8, 4) is 0 Å². The molecule has 0 aliphatic carbocycles. The number of hydrogen-bond acceptors (Lipinski definition) is 3. The molecule has 0 saturated carbocycles. The highest BCUT2D eigenvalue weighted by Crippen LogP contribution is 2.25. The maximum absolute atomic E-state index is 6.10. The number of hydrogen-bond donors (Lipinski definition) is 2. The predicted molar refractivity (Wildman–Crippen MR) is 109 cm³/mol. The Balaban J connectivity index is 1.68. The Labute approximate surface area is 167 Å². The molecule has 0 unspecified atom stereocenters. The Kier molecular flexibility index (Phi) is 5.86. The summed E-state index contributed by atoms with van der Waals surface area (Å²) in [4.78, 5) is 0. The molecular formula is C18H18Cl2N4OS. The molecule has 1 aromatic carbocycles. The zero-order valence-electron chi connectivity index (χ0n) is 14.3. The average Bonchev–Trinajstić information content (AvgIpc) is 3.21. The van der Waals surface area contributed by atoms with Gasteiger partial charge in [-0.3, -0.25) is 4.68 Å². The molecule has 26 heavy (non-hydrogen) atoms. The van der Waals surface area contributed by atoms with Gasteiger partial charge >= 0.3 is 0 Å². The van der Waals surface area contributed by atoms with E-state index >= 15 is 0 Å². The second-order valence-electron chi connectivity index (χ2n) is 5.84. The summed E-state index contributed by atoms with van der Waals surface area (Å²) >= 11 is 17.4. The van der Waals surface area contributed by atoms with E-state index in [0.717, 1.165) is 28.4 Å². The maximum Gasteiger partial charge on any atom is 0.171 e. The van der Waals surface area contributed by atoms with Crippen molar-refractivity contribution in [2.45, 2.75) is 26.9 Å². The minimum absolute atomic E-state index is 0.515. The first-order valence-corrected chi connectivity index (χ1v) is 9.15. The highest BCUT2D eigenvalue weighted by molar-refractivity contribution is 7.80. The van der Waals surface area contributed by atoms with Gasteiger partial charge in [-0.1, -0.05) is 29.3 Å². The van der Waals surface area contributed by atoms with E-state index in [1.54, 1.807) is 12.3 Å². The van der Waals surface area contributed by atoms with Crippen molar-refractivity contribution < 1.29 is 4.42 Å². The van der Waals surface area contributed by atoms with Crippen LogP contribution >= 0.6 is 35.4 Å². The third-order valence-electron chi connectivity index (χ3n) is 3.94. The molecular weight excluding hydrogens is 391 g/mol. The maximum atomic E-state index is 6.10. The molecule has 0 aliphatic rings. The van der Waals surface area contributed by atoms with Crippen LogP contribution in [0.5, 0.6) is 0 Å². The lowest BCUT2D eigenvalue weighted by atomic mass is 10.2. The van der Waals surface area contributed by atoms with Gasteiger partial charge in [-0.2, -0.15) is 5.10 Å². The van der Waals surface area contributed by atoms with E-state index in [4.69, 9.17) is 39.8 Å². The van der Waals surface area contributed by atoms with Gasteiger partial charge < -0.3 is 15.1 Å². The van der Waals surface area contributed by atoms with Crippen molar-refractivity contribution >= 4 is 46.2 Å². The summed E-state index contributed by atoms with van der Waals surface area (Å²) < 4.78 is 7.19. The van der Waals surface area contributed by atoms with Gasteiger partial charge in [-0.25, -0.2) is 0 Å². The van der Waals surface area contributed by atoms with Gasteiger partial charge in [0.25, 0.3) is 0 Å². The van der Waals surface area contributed by atoms with Gasteiger partial charge in [0.05, 0.1) is 46.5 Å². The molecule has 0 radical (unpaired) electrons. The van der Waals surface area contributed by atoms with Crippen molar-refractivity contribution in [1.29, 1.82) is 0 Å². The molecule has 0 atom stereocenters. The second kappa shape index (κ2) is 8.12. The molecule has 3 rings (SSSR count). The van der Waals surface area contributed by atoms with Crippen LogP contribution in [-0.4, -0.2) is 14.9 Å². The quantitative estimate of drug-likeness (QED) is 0.585. The molecule has 2 heterocycles. The Bertz CT molecular complexity index is 922. The smallest absolute Gasteiger partial charge is 0.171 e. The first kappa shape index (κ1) is 18.8. The lowest BCUT2D eigenvalue weighted by Gasteiger charge is -2.10. The zero-order chi connectivity index (χ0) is 18.7. The standard InChI is InChI=1S/C18H18Cl2N4OS/c1-11-17(22-18(26)21-9-14-4-3-7-25-14)12(2)24(23-11)10-13-5-6-15(19)16(20)8-13/h3-8H,9-10H2,1-2H3,(H2,21,22,26). The summed E-state index contributed by atoms with van der Waals surface area (Å²) in [5, 5.41) is 12.5. The van der Waals surface area contributed by atoms with Crippen LogP contribution in [0.1, 0.15) is 22.7 Å². The van der Waals surface area contributed by atoms with E-state index in [0.29, 0.717) is 28.2 Å². The lowest BCUT2D eigenvalue weighted by molar-refractivity contribution is 0.503. The van der Waals surface area contributed by atoms with Gasteiger partial charge in [0.2, 0.25) is 0 Å². The van der Waals surface area contributed by atoms with Crippen molar-refractivity contribution in [3.63, 3.8) is 0 Å². The van der Waals surface area contributed by atoms with Crippen molar-refractivity contribution in [1.82, 2.24) is 15.1 Å². The largest absolute Gasteiger partial charge is 0.467 e. The molecule has 0 fully saturated rings. The SMILES string of the molecule is Cc1nn(Cc2ccc(Cl)c(Cl)c2)c(C)c1NC(=S)NCc1ccco1. The number of aromatic nitrogens is 2. The topological polar surface area (TPSA) is 55.0 Å². The van der Waals surface area contributed by atoms with Crippen LogP contribution in [-0.2, 0) is 13.1 Å². The van der Waals surface area contributed by atoms with Crippen LogP contribution in [0, 0.1) is 13.8 Å². The fourth-order valence-corrected chi connectivity index (χ4v) is 3.08. The number of nitrogens with one attached hydrogen (secondary N) is 2. The van der Waals surface area contributed by atoms with Gasteiger partial charge in [-0.15, -0.1) is 0 Å². The third-order valence-corrected chi connectivity index (χ3v) is 4.93. The average molecular weight is 409 g/mol. The highest BCUT2D eigenvalue weighted by Gasteiger charge is 2.13.